The number of allylic oxidation sites excluding steroid dienone is 4. The summed E-state index contributed by atoms with van der Waals surface area (Å²) in [6.07, 6.45) is 8.83. The molecular weight excluding hydrogens is 715 g/mol. The Labute approximate surface area is 317 Å². The van der Waals surface area contributed by atoms with Crippen LogP contribution in [0.1, 0.15) is 98.9 Å². The van der Waals surface area contributed by atoms with Crippen molar-refractivity contribution in [1.29, 1.82) is 0 Å². The Bertz CT molecular complexity index is 1980. The van der Waals surface area contributed by atoms with Gasteiger partial charge in [0.25, 0.3) is 0 Å². The van der Waals surface area contributed by atoms with Gasteiger partial charge < -0.3 is 24.8 Å². The van der Waals surface area contributed by atoms with E-state index in [-0.39, 0.29) is 30.2 Å². The fourth-order valence-electron chi connectivity index (χ4n) is 8.75. The van der Waals surface area contributed by atoms with Crippen LogP contribution in [0.2, 0.25) is 0 Å². The average Bonchev–Trinajstić information content (AvgIpc) is 3.54. The first-order valence-electron chi connectivity index (χ1n) is 17.8. The molecule has 0 radical (unpaired) electrons. The number of hydrogen-bond acceptors (Lipinski definition) is 0. The van der Waals surface area contributed by atoms with Crippen molar-refractivity contribution in [3.05, 3.63) is 120 Å². The van der Waals surface area contributed by atoms with Gasteiger partial charge in [-0.25, -0.2) is 0 Å². The largest absolute Gasteiger partial charge is 1.00 e. The van der Waals surface area contributed by atoms with Gasteiger partial charge in [-0.05, 0) is 0 Å². The van der Waals surface area contributed by atoms with Crippen LogP contribution in [0, 0.1) is 52.9 Å². The van der Waals surface area contributed by atoms with Crippen LogP contribution in [0.4, 0.5) is 0 Å². The molecule has 0 amide bonds. The number of rotatable bonds is 6. The minimum Gasteiger partial charge on any atom is -1.00 e. The Morgan fingerprint density at radius 2 is 1.24 bits per heavy atom. The van der Waals surface area contributed by atoms with Crippen molar-refractivity contribution in [2.24, 2.45) is 11.3 Å². The summed E-state index contributed by atoms with van der Waals surface area (Å²) in [6, 6.07) is 21.8. The third-order valence-electron chi connectivity index (χ3n) is 10.6. The standard InChI is InChI=1S/C31H29.C12H19.C3H6.2ClH.Zr/c1-18-11-20(3)30(21(4)12-18)24-7-9-28-26(15-24)17-27-16-25(8-10-29(27)28)31-22(5)13-19(2)14-23(31)6;1-5-6-10-7-8-11(9-10)12(2,3)4;1-3-2;;;/h7-15H,17H2,1-6H3;8-10H,5-6H2,1-4H3;1-2H3;2*1H;/q;;;;;+2/p-2. The van der Waals surface area contributed by atoms with Crippen LogP contribution in [-0.4, -0.2) is 3.21 Å². The van der Waals surface area contributed by atoms with Crippen LogP contribution < -0.4 is 28.1 Å². The van der Waals surface area contributed by atoms with E-state index >= 15 is 0 Å². The Kier molecular flexibility index (Phi) is 12.2. The maximum absolute atomic E-state index is 2.68. The van der Waals surface area contributed by atoms with Gasteiger partial charge in [-0.3, -0.25) is 0 Å². The van der Waals surface area contributed by atoms with Gasteiger partial charge in [-0.15, -0.1) is 0 Å². The summed E-state index contributed by atoms with van der Waals surface area (Å²) in [6.45, 7) is 28.1. The van der Waals surface area contributed by atoms with Gasteiger partial charge in [0.2, 0.25) is 0 Å². The molecule has 0 nitrogen and oxygen atoms in total. The second-order valence-corrected chi connectivity index (χ2v) is 22.8. The quantitative estimate of drug-likeness (QED) is 0.194. The maximum atomic E-state index is 2.68. The second kappa shape index (κ2) is 15.1. The Morgan fingerprint density at radius 3 is 1.78 bits per heavy atom. The van der Waals surface area contributed by atoms with Crippen LogP contribution in [0.3, 0.4) is 0 Å². The fourth-order valence-corrected chi connectivity index (χ4v) is 16.8. The zero-order valence-corrected chi connectivity index (χ0v) is 35.8. The van der Waals surface area contributed by atoms with Gasteiger partial charge >= 0.3 is 295 Å². The zero-order chi connectivity index (χ0) is 33.9. The summed E-state index contributed by atoms with van der Waals surface area (Å²) < 4.78 is 5.21. The molecule has 0 fully saturated rings. The second-order valence-electron chi connectivity index (χ2n) is 15.9. The Morgan fingerprint density at radius 1 is 0.714 bits per heavy atom. The predicted octanol–water partition coefficient (Wildman–Crippen LogP) is 6.19. The van der Waals surface area contributed by atoms with Crippen molar-refractivity contribution < 1.29 is 46.1 Å². The molecule has 0 spiro atoms. The average molecular weight is 769 g/mol. The van der Waals surface area contributed by atoms with Gasteiger partial charge in [0.15, 0.2) is 0 Å². The minimum absolute atomic E-state index is 0. The molecule has 0 bridgehead atoms. The van der Waals surface area contributed by atoms with Gasteiger partial charge in [0, 0.05) is 0 Å². The number of halogens is 2. The normalized spacial score (nSPS) is 14.6. The fraction of sp³-hybridized carbons (Fsp3) is 0.370. The van der Waals surface area contributed by atoms with Crippen LogP contribution in [0.15, 0.2) is 75.6 Å². The number of hydrogen-bond donors (Lipinski definition) is 0. The number of fused-ring (bicyclic) bond motifs is 3. The molecule has 1 unspecified atom stereocenters. The first-order chi connectivity index (χ1) is 22.2. The zero-order valence-electron chi connectivity index (χ0n) is 31.8. The van der Waals surface area contributed by atoms with Crippen molar-refractivity contribution in [2.75, 3.05) is 0 Å². The van der Waals surface area contributed by atoms with Gasteiger partial charge in [-0.1, -0.05) is 0 Å². The smallest absolute Gasteiger partial charge is 1.00 e. The molecule has 2 aliphatic carbocycles. The van der Waals surface area contributed by atoms with E-state index in [0.29, 0.717) is 5.92 Å². The van der Waals surface area contributed by atoms with E-state index in [1.165, 1.54) is 85.2 Å². The summed E-state index contributed by atoms with van der Waals surface area (Å²) >= 11 is -2.55. The molecule has 0 saturated heterocycles. The van der Waals surface area contributed by atoms with Crippen LogP contribution in [-0.2, 0) is 27.7 Å². The van der Waals surface area contributed by atoms with Gasteiger partial charge in [0.05, 0.1) is 0 Å². The van der Waals surface area contributed by atoms with E-state index in [1.807, 2.05) is 0 Å². The summed E-state index contributed by atoms with van der Waals surface area (Å²) in [4.78, 5) is 0. The van der Waals surface area contributed by atoms with Crippen molar-refractivity contribution in [1.82, 2.24) is 0 Å². The number of aryl methyl sites for hydroxylation is 6. The molecule has 0 aliphatic heterocycles. The molecule has 3 heteroatoms. The van der Waals surface area contributed by atoms with Crippen molar-refractivity contribution in [2.45, 2.75) is 102 Å². The van der Waals surface area contributed by atoms with E-state index in [0.717, 1.165) is 6.42 Å². The predicted molar refractivity (Wildman–Crippen MR) is 204 cm³/mol. The third-order valence-corrected chi connectivity index (χ3v) is 18.4. The molecule has 4 aromatic carbocycles. The van der Waals surface area contributed by atoms with E-state index in [4.69, 9.17) is 0 Å². The van der Waals surface area contributed by atoms with E-state index in [1.54, 1.807) is 20.9 Å². The van der Waals surface area contributed by atoms with E-state index in [2.05, 4.69) is 150 Å². The first kappa shape index (κ1) is 39.5. The molecule has 1 atom stereocenters. The van der Waals surface area contributed by atoms with Crippen LogP contribution in [0.5, 0.6) is 0 Å². The minimum atomic E-state index is -2.55. The van der Waals surface area contributed by atoms with Crippen molar-refractivity contribution in [3.8, 4) is 33.4 Å². The molecule has 4 aromatic rings. The summed E-state index contributed by atoms with van der Waals surface area (Å²) in [5, 5.41) is 0. The van der Waals surface area contributed by atoms with Crippen LogP contribution >= 0.6 is 0 Å². The molecule has 0 aromatic heterocycles. The van der Waals surface area contributed by atoms with Gasteiger partial charge in [0.1, 0.15) is 0 Å². The Balaban J connectivity index is 0.00000270. The molecule has 6 rings (SSSR count). The third kappa shape index (κ3) is 7.38. The van der Waals surface area contributed by atoms with Crippen LogP contribution in [0.25, 0.3) is 33.4 Å². The molecule has 256 valence electrons. The molecule has 0 N–H and O–H groups in total. The van der Waals surface area contributed by atoms with Crippen molar-refractivity contribution >= 4 is 6.48 Å². The summed E-state index contributed by atoms with van der Waals surface area (Å²) in [5.41, 5.74) is 21.7. The topological polar surface area (TPSA) is 0 Å². The summed E-state index contributed by atoms with van der Waals surface area (Å²) in [7, 11) is 0. The first-order valence-corrected chi connectivity index (χ1v) is 21.5. The molecular formula is C46H54Cl2Zr. The SMILES string of the molecule is CCCC1C=C(C(C)(C)C)C=[C]1[Zr+2](=[C](C)C)[c]1c(-c2c(C)cc(C)cc2C)ccc2c1Cc1cc(-c3c(C)cc(C)cc3C)ccc1-2.[Cl-].[Cl-]. The van der Waals surface area contributed by atoms with E-state index in [9.17, 15) is 0 Å². The van der Waals surface area contributed by atoms with Gasteiger partial charge in [-0.2, -0.15) is 0 Å². The monoisotopic (exact) mass is 766 g/mol. The molecule has 0 heterocycles. The molecule has 0 saturated carbocycles. The molecule has 49 heavy (non-hydrogen) atoms. The number of benzene rings is 4. The maximum Gasteiger partial charge on any atom is -1.00 e. The summed E-state index contributed by atoms with van der Waals surface area (Å²) in [5.74, 6) is 0.560. The molecule has 2 aliphatic rings. The van der Waals surface area contributed by atoms with Crippen molar-refractivity contribution in [3.63, 3.8) is 0 Å². The van der Waals surface area contributed by atoms with E-state index < -0.39 is 21.3 Å². The Hall–Kier alpha value is -2.31.